The van der Waals surface area contributed by atoms with E-state index in [0.29, 0.717) is 16.8 Å². The molecule has 0 saturated heterocycles. The van der Waals surface area contributed by atoms with Gasteiger partial charge in [0.1, 0.15) is 0 Å². The summed E-state index contributed by atoms with van der Waals surface area (Å²) in [6.07, 6.45) is 0. The SMILES string of the molecule is Nc1cccc(Nc2ccccc2B(O)O)c1. The van der Waals surface area contributed by atoms with Gasteiger partial charge in [-0.2, -0.15) is 0 Å². The van der Waals surface area contributed by atoms with Crippen LogP contribution in [-0.4, -0.2) is 17.2 Å². The van der Waals surface area contributed by atoms with E-state index >= 15 is 0 Å². The van der Waals surface area contributed by atoms with Crippen LogP contribution in [0.4, 0.5) is 17.1 Å². The lowest BCUT2D eigenvalue weighted by atomic mass is 9.79. The van der Waals surface area contributed by atoms with Crippen molar-refractivity contribution >= 4 is 29.6 Å². The highest BCUT2D eigenvalue weighted by Crippen LogP contribution is 2.17. The van der Waals surface area contributed by atoms with Crippen LogP contribution in [0.25, 0.3) is 0 Å². The first-order chi connectivity index (χ1) is 8.16. The van der Waals surface area contributed by atoms with E-state index in [2.05, 4.69) is 5.32 Å². The number of rotatable bonds is 3. The molecule has 2 aromatic carbocycles. The molecule has 2 rings (SSSR count). The summed E-state index contributed by atoms with van der Waals surface area (Å²) < 4.78 is 0. The maximum absolute atomic E-state index is 9.23. The summed E-state index contributed by atoms with van der Waals surface area (Å²) in [6.45, 7) is 0. The van der Waals surface area contributed by atoms with E-state index in [1.54, 1.807) is 30.3 Å². The van der Waals surface area contributed by atoms with Gasteiger partial charge in [0.2, 0.25) is 0 Å². The van der Waals surface area contributed by atoms with Crippen molar-refractivity contribution in [1.82, 2.24) is 0 Å². The van der Waals surface area contributed by atoms with Crippen molar-refractivity contribution in [1.29, 1.82) is 0 Å². The molecule has 0 amide bonds. The Balaban J connectivity index is 2.30. The first-order valence-corrected chi connectivity index (χ1v) is 5.24. The van der Waals surface area contributed by atoms with Crippen LogP contribution in [0.1, 0.15) is 0 Å². The Kier molecular flexibility index (Phi) is 3.32. The number of benzene rings is 2. The average Bonchev–Trinajstić information content (AvgIpc) is 2.29. The van der Waals surface area contributed by atoms with E-state index < -0.39 is 7.12 Å². The molecule has 0 unspecified atom stereocenters. The minimum atomic E-state index is -1.50. The molecule has 0 aliphatic carbocycles. The van der Waals surface area contributed by atoms with Crippen molar-refractivity contribution in [2.75, 3.05) is 11.1 Å². The van der Waals surface area contributed by atoms with Gasteiger partial charge in [-0.1, -0.05) is 24.3 Å². The van der Waals surface area contributed by atoms with Crippen LogP contribution in [0.5, 0.6) is 0 Å². The summed E-state index contributed by atoms with van der Waals surface area (Å²) in [4.78, 5) is 0. The molecule has 5 N–H and O–H groups in total. The Labute approximate surface area is 99.9 Å². The van der Waals surface area contributed by atoms with E-state index in [-0.39, 0.29) is 0 Å². The molecular weight excluding hydrogens is 215 g/mol. The fourth-order valence-electron chi connectivity index (χ4n) is 1.61. The summed E-state index contributed by atoms with van der Waals surface area (Å²) in [5, 5.41) is 21.6. The summed E-state index contributed by atoms with van der Waals surface area (Å²) in [5.74, 6) is 0. The summed E-state index contributed by atoms with van der Waals surface area (Å²) >= 11 is 0. The van der Waals surface area contributed by atoms with Crippen LogP contribution in [-0.2, 0) is 0 Å². The molecule has 0 saturated carbocycles. The molecule has 0 aliphatic heterocycles. The van der Waals surface area contributed by atoms with Gasteiger partial charge in [0, 0.05) is 22.5 Å². The van der Waals surface area contributed by atoms with Gasteiger partial charge in [-0.05, 0) is 24.3 Å². The second-order valence-electron chi connectivity index (χ2n) is 3.71. The molecule has 4 nitrogen and oxygen atoms in total. The molecule has 0 bridgehead atoms. The number of hydrogen-bond acceptors (Lipinski definition) is 4. The molecule has 0 aromatic heterocycles. The summed E-state index contributed by atoms with van der Waals surface area (Å²) in [6, 6.07) is 14.3. The monoisotopic (exact) mass is 228 g/mol. The first-order valence-electron chi connectivity index (χ1n) is 5.24. The van der Waals surface area contributed by atoms with E-state index in [1.165, 1.54) is 0 Å². The van der Waals surface area contributed by atoms with Crippen LogP contribution in [0, 0.1) is 0 Å². The molecule has 17 heavy (non-hydrogen) atoms. The molecule has 0 aliphatic rings. The van der Waals surface area contributed by atoms with Crippen LogP contribution in [0.2, 0.25) is 0 Å². The number of anilines is 3. The minimum Gasteiger partial charge on any atom is -0.423 e. The van der Waals surface area contributed by atoms with Crippen LogP contribution in [0.3, 0.4) is 0 Å². The fourth-order valence-corrected chi connectivity index (χ4v) is 1.61. The maximum atomic E-state index is 9.23. The fraction of sp³-hybridized carbons (Fsp3) is 0. The van der Waals surface area contributed by atoms with Gasteiger partial charge in [-0.15, -0.1) is 0 Å². The van der Waals surface area contributed by atoms with E-state index in [4.69, 9.17) is 5.73 Å². The minimum absolute atomic E-state index is 0.426. The number of nitrogens with one attached hydrogen (secondary N) is 1. The van der Waals surface area contributed by atoms with Crippen molar-refractivity contribution in [2.24, 2.45) is 0 Å². The van der Waals surface area contributed by atoms with Crippen molar-refractivity contribution in [3.63, 3.8) is 0 Å². The zero-order valence-corrected chi connectivity index (χ0v) is 9.17. The Morgan fingerprint density at radius 3 is 2.47 bits per heavy atom. The zero-order valence-electron chi connectivity index (χ0n) is 9.17. The lowest BCUT2D eigenvalue weighted by Crippen LogP contribution is -2.31. The van der Waals surface area contributed by atoms with Gasteiger partial charge in [-0.25, -0.2) is 0 Å². The van der Waals surface area contributed by atoms with E-state index in [9.17, 15) is 10.0 Å². The predicted octanol–water partition coefficient (Wildman–Crippen LogP) is 0.692. The molecule has 2 aromatic rings. The Bertz CT molecular complexity index is 517. The van der Waals surface area contributed by atoms with Gasteiger partial charge in [-0.3, -0.25) is 0 Å². The first kappa shape index (κ1) is 11.5. The molecule has 0 heterocycles. The summed E-state index contributed by atoms with van der Waals surface area (Å²) in [7, 11) is -1.50. The third-order valence-electron chi connectivity index (χ3n) is 2.40. The molecule has 0 spiro atoms. The maximum Gasteiger partial charge on any atom is 0.490 e. The predicted molar refractivity (Wildman–Crippen MR) is 70.4 cm³/mol. The Morgan fingerprint density at radius 2 is 1.76 bits per heavy atom. The van der Waals surface area contributed by atoms with E-state index in [0.717, 1.165) is 5.69 Å². The molecule has 5 heteroatoms. The zero-order chi connectivity index (χ0) is 12.3. The van der Waals surface area contributed by atoms with Gasteiger partial charge in [0.15, 0.2) is 0 Å². The average molecular weight is 228 g/mol. The number of nitrogen functional groups attached to an aromatic ring is 1. The highest BCUT2D eigenvalue weighted by molar-refractivity contribution is 6.60. The highest BCUT2D eigenvalue weighted by Gasteiger charge is 2.15. The second-order valence-corrected chi connectivity index (χ2v) is 3.71. The number of nitrogens with two attached hydrogens (primary N) is 1. The van der Waals surface area contributed by atoms with Gasteiger partial charge in [0.05, 0.1) is 0 Å². The number of para-hydroxylation sites is 1. The normalized spacial score (nSPS) is 10.0. The van der Waals surface area contributed by atoms with Gasteiger partial charge >= 0.3 is 7.12 Å². The van der Waals surface area contributed by atoms with Crippen LogP contribution >= 0.6 is 0 Å². The molecule has 0 atom stereocenters. The lowest BCUT2D eigenvalue weighted by Gasteiger charge is -2.11. The molecule has 86 valence electrons. The largest absolute Gasteiger partial charge is 0.490 e. The topological polar surface area (TPSA) is 78.5 Å². The van der Waals surface area contributed by atoms with Crippen LogP contribution < -0.4 is 16.5 Å². The van der Waals surface area contributed by atoms with Crippen LogP contribution in [0.15, 0.2) is 48.5 Å². The molecular formula is C12H13BN2O2. The third kappa shape index (κ3) is 2.78. The standard InChI is InChI=1S/C12H13BN2O2/c14-9-4-3-5-10(8-9)15-12-7-2-1-6-11(12)13(16)17/h1-8,15-17H,14H2. The third-order valence-corrected chi connectivity index (χ3v) is 2.40. The Hall–Kier alpha value is -1.98. The second kappa shape index (κ2) is 4.90. The van der Waals surface area contributed by atoms with Gasteiger partial charge < -0.3 is 21.1 Å². The molecule has 0 fully saturated rings. The van der Waals surface area contributed by atoms with E-state index in [1.807, 2.05) is 18.2 Å². The quantitative estimate of drug-likeness (QED) is 0.460. The van der Waals surface area contributed by atoms with Crippen molar-refractivity contribution in [3.8, 4) is 0 Å². The van der Waals surface area contributed by atoms with Crippen molar-refractivity contribution in [2.45, 2.75) is 0 Å². The Morgan fingerprint density at radius 1 is 1.00 bits per heavy atom. The lowest BCUT2D eigenvalue weighted by molar-refractivity contribution is 0.426. The highest BCUT2D eigenvalue weighted by atomic mass is 16.4. The van der Waals surface area contributed by atoms with Gasteiger partial charge in [0.25, 0.3) is 0 Å². The van der Waals surface area contributed by atoms with Crippen molar-refractivity contribution < 1.29 is 10.0 Å². The number of hydrogen-bond donors (Lipinski definition) is 4. The summed E-state index contributed by atoms with van der Waals surface area (Å²) in [5.41, 5.74) is 8.20. The van der Waals surface area contributed by atoms with Crippen molar-refractivity contribution in [3.05, 3.63) is 48.5 Å². The smallest absolute Gasteiger partial charge is 0.423 e. The molecule has 0 radical (unpaired) electrons.